The lowest BCUT2D eigenvalue weighted by Crippen LogP contribution is -2.43. The lowest BCUT2D eigenvalue weighted by molar-refractivity contribution is 0.136. The summed E-state index contributed by atoms with van der Waals surface area (Å²) >= 11 is 0. The highest BCUT2D eigenvalue weighted by atomic mass is 16.4. The van der Waals surface area contributed by atoms with E-state index in [2.05, 4.69) is 29.1 Å². The van der Waals surface area contributed by atoms with Crippen molar-refractivity contribution in [1.82, 2.24) is 9.80 Å². The standard InChI is InChI=1S/C13H28N4O/c1-13(2,12(14)15-18)7-10-17(4)11-5-8-16(3)9-6-11/h11,18H,5-10H2,1-4H3,(H2,14,15). The number of rotatable bonds is 5. The molecular weight excluding hydrogens is 228 g/mol. The van der Waals surface area contributed by atoms with Crippen molar-refractivity contribution in [2.45, 2.75) is 39.2 Å². The van der Waals surface area contributed by atoms with Crippen LogP contribution >= 0.6 is 0 Å². The minimum atomic E-state index is -0.242. The number of hydrogen-bond acceptors (Lipinski definition) is 4. The lowest BCUT2D eigenvalue weighted by atomic mass is 9.87. The van der Waals surface area contributed by atoms with Crippen molar-refractivity contribution < 1.29 is 5.21 Å². The topological polar surface area (TPSA) is 65.1 Å². The summed E-state index contributed by atoms with van der Waals surface area (Å²) in [6, 6.07) is 0.671. The van der Waals surface area contributed by atoms with Crippen LogP contribution in [0.1, 0.15) is 33.1 Å². The Morgan fingerprint density at radius 1 is 1.44 bits per heavy atom. The van der Waals surface area contributed by atoms with Gasteiger partial charge in [0.15, 0.2) is 0 Å². The highest BCUT2D eigenvalue weighted by molar-refractivity contribution is 5.85. The minimum Gasteiger partial charge on any atom is -0.409 e. The fourth-order valence-electron chi connectivity index (χ4n) is 2.34. The van der Waals surface area contributed by atoms with E-state index in [4.69, 9.17) is 10.9 Å². The van der Waals surface area contributed by atoms with Gasteiger partial charge in [-0.1, -0.05) is 19.0 Å². The molecule has 0 aromatic heterocycles. The SMILES string of the molecule is CN1CCC(N(C)CCC(C)(C)C(N)=NO)CC1. The average molecular weight is 256 g/mol. The summed E-state index contributed by atoms with van der Waals surface area (Å²) in [5.41, 5.74) is 5.47. The van der Waals surface area contributed by atoms with Crippen molar-refractivity contribution in [3.8, 4) is 0 Å². The van der Waals surface area contributed by atoms with Crippen LogP contribution < -0.4 is 5.73 Å². The van der Waals surface area contributed by atoms with Crippen molar-refractivity contribution in [3.63, 3.8) is 0 Å². The van der Waals surface area contributed by atoms with Crippen LogP contribution in [0.25, 0.3) is 0 Å². The summed E-state index contributed by atoms with van der Waals surface area (Å²) in [4.78, 5) is 4.80. The summed E-state index contributed by atoms with van der Waals surface area (Å²) in [5.74, 6) is 0.319. The van der Waals surface area contributed by atoms with Gasteiger partial charge in [0.1, 0.15) is 5.84 Å². The van der Waals surface area contributed by atoms with Gasteiger partial charge >= 0.3 is 0 Å². The fraction of sp³-hybridized carbons (Fsp3) is 0.923. The van der Waals surface area contributed by atoms with Gasteiger partial charge in [-0.15, -0.1) is 0 Å². The van der Waals surface area contributed by atoms with Crippen LogP contribution in [0.4, 0.5) is 0 Å². The first kappa shape index (κ1) is 15.2. The maximum Gasteiger partial charge on any atom is 0.144 e. The summed E-state index contributed by atoms with van der Waals surface area (Å²) in [7, 11) is 4.36. The monoisotopic (exact) mass is 256 g/mol. The Hall–Kier alpha value is -0.810. The molecule has 0 aromatic rings. The summed E-state index contributed by atoms with van der Waals surface area (Å²) in [6.07, 6.45) is 3.37. The Labute approximate surface area is 111 Å². The van der Waals surface area contributed by atoms with Crippen molar-refractivity contribution in [1.29, 1.82) is 0 Å². The predicted molar refractivity (Wildman–Crippen MR) is 75.0 cm³/mol. The molecule has 0 radical (unpaired) electrons. The van der Waals surface area contributed by atoms with Gasteiger partial charge in [0, 0.05) is 11.5 Å². The molecule has 1 saturated heterocycles. The third kappa shape index (κ3) is 4.14. The van der Waals surface area contributed by atoms with Gasteiger partial charge in [-0.05, 0) is 53.0 Å². The summed E-state index contributed by atoms with van der Waals surface area (Å²) in [6.45, 7) is 7.38. The molecule has 5 heteroatoms. The quantitative estimate of drug-likeness (QED) is 0.335. The first-order valence-electron chi connectivity index (χ1n) is 6.73. The van der Waals surface area contributed by atoms with Gasteiger partial charge in [0.05, 0.1) is 0 Å². The van der Waals surface area contributed by atoms with Crippen LogP contribution in [-0.4, -0.2) is 60.6 Å². The molecule has 5 nitrogen and oxygen atoms in total. The first-order valence-corrected chi connectivity index (χ1v) is 6.73. The molecule has 3 N–H and O–H groups in total. The smallest absolute Gasteiger partial charge is 0.144 e. The van der Waals surface area contributed by atoms with Crippen molar-refractivity contribution in [2.24, 2.45) is 16.3 Å². The maximum atomic E-state index is 8.76. The third-order valence-corrected chi connectivity index (χ3v) is 4.20. The van der Waals surface area contributed by atoms with Gasteiger partial charge in [0.25, 0.3) is 0 Å². The second-order valence-corrected chi connectivity index (χ2v) is 6.13. The Bertz CT molecular complexity index is 283. The predicted octanol–water partition coefficient (Wildman–Crippen LogP) is 1.18. The molecule has 1 heterocycles. The molecular formula is C13H28N4O. The number of hydrogen-bond donors (Lipinski definition) is 2. The number of nitrogens with zero attached hydrogens (tertiary/aromatic N) is 3. The molecule has 1 aliphatic heterocycles. The zero-order valence-electron chi connectivity index (χ0n) is 12.2. The minimum absolute atomic E-state index is 0.242. The summed E-state index contributed by atoms with van der Waals surface area (Å²) in [5, 5.41) is 11.9. The lowest BCUT2D eigenvalue weighted by Gasteiger charge is -2.36. The van der Waals surface area contributed by atoms with Gasteiger partial charge in [-0.3, -0.25) is 0 Å². The molecule has 106 valence electrons. The van der Waals surface area contributed by atoms with E-state index >= 15 is 0 Å². The molecule has 0 unspecified atom stereocenters. The van der Waals surface area contributed by atoms with E-state index in [1.54, 1.807) is 0 Å². The largest absolute Gasteiger partial charge is 0.409 e. The normalized spacial score (nSPS) is 20.6. The number of piperidine rings is 1. The molecule has 0 spiro atoms. The van der Waals surface area contributed by atoms with E-state index in [1.807, 2.05) is 13.8 Å². The highest BCUT2D eigenvalue weighted by Crippen LogP contribution is 2.22. The zero-order chi connectivity index (χ0) is 13.8. The van der Waals surface area contributed by atoms with E-state index in [0.717, 1.165) is 13.0 Å². The van der Waals surface area contributed by atoms with Crippen LogP contribution in [0.5, 0.6) is 0 Å². The van der Waals surface area contributed by atoms with Crippen molar-refractivity contribution >= 4 is 5.84 Å². The van der Waals surface area contributed by atoms with Crippen LogP contribution in [-0.2, 0) is 0 Å². The Morgan fingerprint density at radius 2 is 2.00 bits per heavy atom. The average Bonchev–Trinajstić information content (AvgIpc) is 2.35. The molecule has 0 amide bonds. The Balaban J connectivity index is 2.39. The molecule has 1 rings (SSSR count). The maximum absolute atomic E-state index is 8.76. The molecule has 0 saturated carbocycles. The molecule has 0 atom stereocenters. The van der Waals surface area contributed by atoms with E-state index in [1.165, 1.54) is 25.9 Å². The Morgan fingerprint density at radius 3 is 2.50 bits per heavy atom. The second-order valence-electron chi connectivity index (χ2n) is 6.13. The summed E-state index contributed by atoms with van der Waals surface area (Å²) < 4.78 is 0. The van der Waals surface area contributed by atoms with Gasteiger partial charge in [-0.25, -0.2) is 0 Å². The molecule has 0 bridgehead atoms. The molecule has 1 fully saturated rings. The highest BCUT2D eigenvalue weighted by Gasteiger charge is 2.26. The molecule has 1 aliphatic rings. The van der Waals surface area contributed by atoms with Gasteiger partial charge < -0.3 is 20.7 Å². The Kier molecular flexibility index (Phi) is 5.41. The van der Waals surface area contributed by atoms with Crippen LogP contribution in [0, 0.1) is 5.41 Å². The van der Waals surface area contributed by atoms with Gasteiger partial charge in [-0.2, -0.15) is 0 Å². The second kappa shape index (κ2) is 6.38. The van der Waals surface area contributed by atoms with E-state index in [-0.39, 0.29) is 5.41 Å². The number of likely N-dealkylation sites (tertiary alicyclic amines) is 1. The van der Waals surface area contributed by atoms with Crippen LogP contribution in [0.2, 0.25) is 0 Å². The zero-order valence-corrected chi connectivity index (χ0v) is 12.2. The molecule has 0 aliphatic carbocycles. The number of oxime groups is 1. The third-order valence-electron chi connectivity index (χ3n) is 4.20. The van der Waals surface area contributed by atoms with Crippen LogP contribution in [0.15, 0.2) is 5.16 Å². The van der Waals surface area contributed by atoms with Gasteiger partial charge in [0.2, 0.25) is 0 Å². The molecule has 18 heavy (non-hydrogen) atoms. The molecule has 0 aromatic carbocycles. The van der Waals surface area contributed by atoms with Crippen molar-refractivity contribution in [2.75, 3.05) is 33.7 Å². The van der Waals surface area contributed by atoms with E-state index in [0.29, 0.717) is 11.9 Å². The number of amidine groups is 1. The van der Waals surface area contributed by atoms with E-state index < -0.39 is 0 Å². The van der Waals surface area contributed by atoms with E-state index in [9.17, 15) is 0 Å². The first-order chi connectivity index (χ1) is 8.36. The number of nitrogens with two attached hydrogens (primary N) is 1. The fourth-order valence-corrected chi connectivity index (χ4v) is 2.34. The van der Waals surface area contributed by atoms with Crippen molar-refractivity contribution in [3.05, 3.63) is 0 Å². The van der Waals surface area contributed by atoms with Crippen LogP contribution in [0.3, 0.4) is 0 Å².